The van der Waals surface area contributed by atoms with Crippen molar-refractivity contribution in [3.63, 3.8) is 0 Å². The minimum Gasteiger partial charge on any atom is -0.464 e. The minimum absolute atomic E-state index is 0.0112. The number of rotatable bonds is 16. The molecule has 0 heterocycles. The van der Waals surface area contributed by atoms with Crippen molar-refractivity contribution in [2.75, 3.05) is 13.2 Å². The van der Waals surface area contributed by atoms with Crippen LogP contribution in [-0.4, -0.2) is 37.1 Å². The van der Waals surface area contributed by atoms with Gasteiger partial charge >= 0.3 is 17.9 Å². The molecule has 0 aromatic carbocycles. The summed E-state index contributed by atoms with van der Waals surface area (Å²) in [6.45, 7) is 2.58. The maximum absolute atomic E-state index is 11.7. The molecular formula is C19H36N2O5. The van der Waals surface area contributed by atoms with Gasteiger partial charge in [0.2, 0.25) is 0 Å². The summed E-state index contributed by atoms with van der Waals surface area (Å²) in [5, 5.41) is 0. The second-order valence-corrected chi connectivity index (χ2v) is 6.53. The van der Waals surface area contributed by atoms with Crippen molar-refractivity contribution < 1.29 is 23.9 Å². The van der Waals surface area contributed by atoms with Gasteiger partial charge in [-0.3, -0.25) is 9.59 Å². The second-order valence-electron chi connectivity index (χ2n) is 6.53. The first-order chi connectivity index (χ1) is 12.5. The fourth-order valence-electron chi connectivity index (χ4n) is 2.46. The van der Waals surface area contributed by atoms with Gasteiger partial charge < -0.3 is 20.9 Å². The third kappa shape index (κ3) is 14.8. The van der Waals surface area contributed by atoms with E-state index in [2.05, 4.69) is 6.92 Å². The number of unbranched alkanes of at least 4 members (excludes halogenated alkanes) is 8. The SMILES string of the molecule is CCCCCCCCCCCC(=O)OC(=O)C(N)CCC(=O)OCCN. The summed E-state index contributed by atoms with van der Waals surface area (Å²) in [6.07, 6.45) is 10.6. The van der Waals surface area contributed by atoms with Crippen LogP contribution in [0.2, 0.25) is 0 Å². The smallest absolute Gasteiger partial charge is 0.330 e. The Labute approximate surface area is 157 Å². The lowest BCUT2D eigenvalue weighted by Crippen LogP contribution is -2.34. The zero-order valence-corrected chi connectivity index (χ0v) is 16.2. The van der Waals surface area contributed by atoms with Crippen LogP contribution in [0.15, 0.2) is 0 Å². The van der Waals surface area contributed by atoms with Crippen molar-refractivity contribution in [2.45, 2.75) is 90.0 Å². The molecule has 0 aliphatic rings. The molecule has 7 nitrogen and oxygen atoms in total. The fourth-order valence-corrected chi connectivity index (χ4v) is 2.46. The molecule has 26 heavy (non-hydrogen) atoms. The Morgan fingerprint density at radius 2 is 1.42 bits per heavy atom. The molecule has 0 radical (unpaired) electrons. The summed E-state index contributed by atoms with van der Waals surface area (Å²) in [5.74, 6) is -1.82. The lowest BCUT2D eigenvalue weighted by atomic mass is 10.1. The summed E-state index contributed by atoms with van der Waals surface area (Å²) in [5.41, 5.74) is 10.8. The number of hydrogen-bond acceptors (Lipinski definition) is 7. The van der Waals surface area contributed by atoms with Crippen molar-refractivity contribution in [3.05, 3.63) is 0 Å². The number of carbonyl (C=O) groups is 3. The molecule has 1 atom stereocenters. The van der Waals surface area contributed by atoms with Crippen LogP contribution in [0.3, 0.4) is 0 Å². The van der Waals surface area contributed by atoms with E-state index in [4.69, 9.17) is 20.9 Å². The Kier molecular flexibility index (Phi) is 16.0. The second kappa shape index (κ2) is 17.0. The van der Waals surface area contributed by atoms with E-state index in [-0.39, 0.29) is 32.4 Å². The summed E-state index contributed by atoms with van der Waals surface area (Å²) in [6, 6.07) is -1.01. The van der Waals surface area contributed by atoms with Crippen LogP contribution in [-0.2, 0) is 23.9 Å². The Morgan fingerprint density at radius 1 is 0.846 bits per heavy atom. The summed E-state index contributed by atoms with van der Waals surface area (Å²) in [7, 11) is 0. The highest BCUT2D eigenvalue weighted by Crippen LogP contribution is 2.11. The maximum atomic E-state index is 11.7. The van der Waals surface area contributed by atoms with E-state index in [1.807, 2.05) is 0 Å². The predicted molar refractivity (Wildman–Crippen MR) is 100 cm³/mol. The van der Waals surface area contributed by atoms with Crippen molar-refractivity contribution in [2.24, 2.45) is 11.5 Å². The molecule has 0 rings (SSSR count). The van der Waals surface area contributed by atoms with E-state index in [9.17, 15) is 14.4 Å². The number of esters is 3. The van der Waals surface area contributed by atoms with Crippen LogP contribution in [0.1, 0.15) is 84.0 Å². The van der Waals surface area contributed by atoms with Crippen molar-refractivity contribution >= 4 is 17.9 Å². The third-order valence-electron chi connectivity index (χ3n) is 4.04. The zero-order valence-electron chi connectivity index (χ0n) is 16.2. The molecule has 1 unspecified atom stereocenters. The number of nitrogens with two attached hydrogens (primary N) is 2. The lowest BCUT2D eigenvalue weighted by molar-refractivity contribution is -0.160. The molecule has 7 heteroatoms. The highest BCUT2D eigenvalue weighted by Gasteiger charge is 2.20. The number of carbonyl (C=O) groups excluding carboxylic acids is 3. The molecule has 4 N–H and O–H groups in total. The van der Waals surface area contributed by atoms with Gasteiger partial charge in [0, 0.05) is 19.4 Å². The highest BCUT2D eigenvalue weighted by molar-refractivity contribution is 5.88. The van der Waals surface area contributed by atoms with Gasteiger partial charge in [0.05, 0.1) is 0 Å². The standard InChI is InChI=1S/C19H36N2O5/c1-2-3-4-5-6-7-8-9-10-11-18(23)26-19(24)16(21)12-13-17(22)25-15-14-20/h16H,2-15,20-21H2,1H3. The lowest BCUT2D eigenvalue weighted by Gasteiger charge is -2.10. The first-order valence-corrected chi connectivity index (χ1v) is 9.87. The van der Waals surface area contributed by atoms with E-state index >= 15 is 0 Å². The van der Waals surface area contributed by atoms with Crippen LogP contribution < -0.4 is 11.5 Å². The van der Waals surface area contributed by atoms with Crippen molar-refractivity contribution in [1.82, 2.24) is 0 Å². The fraction of sp³-hybridized carbons (Fsp3) is 0.842. The summed E-state index contributed by atoms with van der Waals surface area (Å²) in [4.78, 5) is 34.6. The van der Waals surface area contributed by atoms with E-state index in [0.29, 0.717) is 6.42 Å². The highest BCUT2D eigenvalue weighted by atomic mass is 16.6. The summed E-state index contributed by atoms with van der Waals surface area (Å²) >= 11 is 0. The molecule has 0 amide bonds. The largest absolute Gasteiger partial charge is 0.464 e. The van der Waals surface area contributed by atoms with Gasteiger partial charge in [-0.2, -0.15) is 0 Å². The third-order valence-corrected chi connectivity index (χ3v) is 4.04. The Morgan fingerprint density at radius 3 is 2.00 bits per heavy atom. The molecule has 0 aliphatic carbocycles. The maximum Gasteiger partial charge on any atom is 0.330 e. The Hall–Kier alpha value is -1.47. The first kappa shape index (κ1) is 24.5. The van der Waals surface area contributed by atoms with Gasteiger partial charge in [0.15, 0.2) is 0 Å². The number of hydrogen-bond donors (Lipinski definition) is 2. The molecule has 0 fully saturated rings. The zero-order chi connectivity index (χ0) is 19.6. The molecule has 0 spiro atoms. The molecule has 0 saturated heterocycles. The van der Waals surface area contributed by atoms with E-state index < -0.39 is 23.9 Å². The van der Waals surface area contributed by atoms with Crippen LogP contribution in [0.4, 0.5) is 0 Å². The van der Waals surface area contributed by atoms with Gasteiger partial charge in [-0.1, -0.05) is 58.3 Å². The van der Waals surface area contributed by atoms with Gasteiger partial charge in [0.25, 0.3) is 0 Å². The quantitative estimate of drug-likeness (QED) is 0.242. The summed E-state index contributed by atoms with van der Waals surface area (Å²) < 4.78 is 9.50. The normalized spacial score (nSPS) is 11.8. The predicted octanol–water partition coefficient (Wildman–Crippen LogP) is 2.59. The molecule has 152 valence electrons. The molecule has 0 bridgehead atoms. The molecule has 0 aromatic heterocycles. The van der Waals surface area contributed by atoms with Crippen molar-refractivity contribution in [3.8, 4) is 0 Å². The Balaban J connectivity index is 3.65. The molecule has 0 aliphatic heterocycles. The van der Waals surface area contributed by atoms with E-state index in [0.717, 1.165) is 12.8 Å². The Bertz CT molecular complexity index is 401. The number of ether oxygens (including phenoxy) is 2. The van der Waals surface area contributed by atoms with Gasteiger partial charge in [-0.05, 0) is 12.8 Å². The van der Waals surface area contributed by atoms with E-state index in [1.165, 1.54) is 38.5 Å². The molecule has 0 aromatic rings. The monoisotopic (exact) mass is 372 g/mol. The van der Waals surface area contributed by atoms with Crippen LogP contribution >= 0.6 is 0 Å². The van der Waals surface area contributed by atoms with Crippen molar-refractivity contribution in [1.29, 1.82) is 0 Å². The first-order valence-electron chi connectivity index (χ1n) is 9.87. The van der Waals surface area contributed by atoms with Crippen LogP contribution in [0.5, 0.6) is 0 Å². The van der Waals surface area contributed by atoms with Crippen LogP contribution in [0.25, 0.3) is 0 Å². The average molecular weight is 373 g/mol. The average Bonchev–Trinajstić information content (AvgIpc) is 2.62. The van der Waals surface area contributed by atoms with E-state index in [1.54, 1.807) is 0 Å². The minimum atomic E-state index is -1.01. The van der Waals surface area contributed by atoms with Gasteiger partial charge in [-0.15, -0.1) is 0 Å². The van der Waals surface area contributed by atoms with Gasteiger partial charge in [-0.25, -0.2) is 4.79 Å². The molecule has 0 saturated carbocycles. The topological polar surface area (TPSA) is 122 Å². The van der Waals surface area contributed by atoms with Gasteiger partial charge in [0.1, 0.15) is 12.6 Å². The molecular weight excluding hydrogens is 336 g/mol. The van der Waals surface area contributed by atoms with Crippen LogP contribution in [0, 0.1) is 0 Å².